The number of fused-ring (bicyclic) bond motifs is 1. The molecule has 6 rings (SSSR count). The van der Waals surface area contributed by atoms with Gasteiger partial charge in [0.15, 0.2) is 0 Å². The summed E-state index contributed by atoms with van der Waals surface area (Å²) >= 11 is 1.35. The topological polar surface area (TPSA) is 55.4 Å². The molecule has 168 valence electrons. The van der Waals surface area contributed by atoms with Gasteiger partial charge < -0.3 is 10.1 Å². The van der Waals surface area contributed by atoms with Crippen molar-refractivity contribution in [2.75, 3.05) is 13.7 Å². The minimum absolute atomic E-state index is 0.0989. The summed E-state index contributed by atoms with van der Waals surface area (Å²) in [6.07, 6.45) is 1.04. The van der Waals surface area contributed by atoms with Crippen molar-refractivity contribution >= 4 is 23.6 Å². The van der Waals surface area contributed by atoms with E-state index < -0.39 is 0 Å². The molecule has 0 heterocycles. The first kappa shape index (κ1) is 21.8. The van der Waals surface area contributed by atoms with Crippen molar-refractivity contribution < 1.29 is 14.3 Å². The Balaban J connectivity index is 1.35. The number of carbonyl (C=O) groups is 2. The van der Waals surface area contributed by atoms with Crippen LogP contribution in [-0.2, 0) is 9.53 Å². The number of benzene rings is 3. The third kappa shape index (κ3) is 3.95. The molecule has 0 radical (unpaired) electrons. The van der Waals surface area contributed by atoms with Crippen molar-refractivity contribution in [1.82, 2.24) is 5.32 Å². The number of hydrogen-bond acceptors (Lipinski definition) is 4. The van der Waals surface area contributed by atoms with Gasteiger partial charge in [-0.3, -0.25) is 9.59 Å². The third-order valence-corrected chi connectivity index (χ3v) is 8.07. The first-order chi connectivity index (χ1) is 16.1. The second-order valence-corrected chi connectivity index (χ2v) is 10.2. The number of hydrogen-bond donors (Lipinski definition) is 1. The van der Waals surface area contributed by atoms with Gasteiger partial charge >= 0.3 is 5.97 Å². The number of ether oxygens (including phenoxy) is 1. The van der Waals surface area contributed by atoms with Crippen molar-refractivity contribution in [2.24, 2.45) is 5.92 Å². The molecule has 3 aromatic rings. The summed E-state index contributed by atoms with van der Waals surface area (Å²) in [6, 6.07) is 24.9. The zero-order chi connectivity index (χ0) is 22.9. The van der Waals surface area contributed by atoms with Crippen LogP contribution >= 0.6 is 11.8 Å². The Morgan fingerprint density at radius 3 is 2.15 bits per heavy atom. The number of carbonyl (C=O) groups excluding carboxylic acids is 2. The lowest BCUT2D eigenvalue weighted by Crippen LogP contribution is -2.39. The molecule has 33 heavy (non-hydrogen) atoms. The van der Waals surface area contributed by atoms with E-state index in [4.69, 9.17) is 4.74 Å². The van der Waals surface area contributed by atoms with Gasteiger partial charge in [0.2, 0.25) is 0 Å². The molecule has 1 amide bonds. The summed E-state index contributed by atoms with van der Waals surface area (Å²) in [5, 5.41) is 2.82. The van der Waals surface area contributed by atoms with Crippen LogP contribution in [0.5, 0.6) is 0 Å². The Bertz CT molecular complexity index is 1160. The largest absolute Gasteiger partial charge is 0.468 e. The molecule has 0 saturated carbocycles. The Morgan fingerprint density at radius 1 is 0.939 bits per heavy atom. The molecule has 0 saturated heterocycles. The quantitative estimate of drug-likeness (QED) is 0.400. The molecule has 2 bridgehead atoms. The number of amides is 1. The van der Waals surface area contributed by atoms with Crippen LogP contribution in [-0.4, -0.2) is 30.8 Å². The Labute approximate surface area is 198 Å². The van der Waals surface area contributed by atoms with Gasteiger partial charge in [-0.05, 0) is 53.6 Å². The average Bonchev–Trinajstić information content (AvgIpc) is 2.87. The fourth-order valence-electron chi connectivity index (χ4n) is 5.44. The SMILES string of the molecule is COC(=O)C(C)Sc1ccccc1C(=O)NCC1CC2c3ccccc3C1c1ccccc12. The van der Waals surface area contributed by atoms with Gasteiger partial charge in [-0.15, -0.1) is 11.8 Å². The number of methoxy groups -OCH3 is 1. The van der Waals surface area contributed by atoms with Crippen molar-refractivity contribution in [3.05, 3.63) is 101 Å². The normalized spacial score (nSPS) is 21.0. The van der Waals surface area contributed by atoms with E-state index in [2.05, 4.69) is 53.8 Å². The zero-order valence-electron chi connectivity index (χ0n) is 18.8. The lowest BCUT2D eigenvalue weighted by Gasteiger charge is -2.45. The van der Waals surface area contributed by atoms with E-state index in [1.807, 2.05) is 24.3 Å². The van der Waals surface area contributed by atoms with Crippen LogP contribution in [0.1, 0.15) is 57.8 Å². The van der Waals surface area contributed by atoms with Gasteiger partial charge in [0.25, 0.3) is 5.91 Å². The minimum atomic E-state index is -0.383. The molecule has 2 atom stereocenters. The standard InChI is InChI=1S/C28H27NO3S/c1-17(28(31)32-2)33-25-14-8-7-13-23(25)27(30)29-16-18-15-24-19-9-3-5-11-21(19)26(18)22-12-6-4-10-20(22)24/h3-14,17-18,24,26H,15-16H2,1-2H3,(H,29,30). The molecule has 5 heteroatoms. The van der Waals surface area contributed by atoms with Crippen LogP contribution in [0.15, 0.2) is 77.7 Å². The van der Waals surface area contributed by atoms with Crippen LogP contribution < -0.4 is 5.32 Å². The maximum Gasteiger partial charge on any atom is 0.318 e. The van der Waals surface area contributed by atoms with Crippen molar-refractivity contribution in [1.29, 1.82) is 0 Å². The summed E-state index contributed by atoms with van der Waals surface area (Å²) in [6.45, 7) is 2.41. The molecule has 4 nitrogen and oxygen atoms in total. The summed E-state index contributed by atoms with van der Waals surface area (Å²) in [5.74, 6) is 0.626. The predicted octanol–water partition coefficient (Wildman–Crippen LogP) is 5.37. The maximum absolute atomic E-state index is 13.2. The highest BCUT2D eigenvalue weighted by molar-refractivity contribution is 8.00. The zero-order valence-corrected chi connectivity index (χ0v) is 19.6. The molecule has 0 spiro atoms. The number of rotatable bonds is 6. The highest BCUT2D eigenvalue weighted by Gasteiger charge is 2.42. The van der Waals surface area contributed by atoms with Crippen molar-refractivity contribution in [3.8, 4) is 0 Å². The second-order valence-electron chi connectivity index (χ2n) is 8.77. The predicted molar refractivity (Wildman–Crippen MR) is 131 cm³/mol. The van der Waals surface area contributed by atoms with E-state index in [1.54, 1.807) is 6.92 Å². The molecule has 0 aliphatic heterocycles. The third-order valence-electron chi connectivity index (χ3n) is 6.92. The lowest BCUT2D eigenvalue weighted by molar-refractivity contribution is -0.139. The summed E-state index contributed by atoms with van der Waals surface area (Å²) in [5.41, 5.74) is 6.26. The molecule has 2 unspecified atom stereocenters. The molecular formula is C28H27NO3S. The minimum Gasteiger partial charge on any atom is -0.468 e. The first-order valence-corrected chi connectivity index (χ1v) is 12.3. The van der Waals surface area contributed by atoms with Crippen LogP contribution in [0.25, 0.3) is 0 Å². The molecule has 0 aromatic heterocycles. The van der Waals surface area contributed by atoms with Gasteiger partial charge in [-0.2, -0.15) is 0 Å². The van der Waals surface area contributed by atoms with Gasteiger partial charge in [0.05, 0.1) is 12.7 Å². The second kappa shape index (κ2) is 9.06. The van der Waals surface area contributed by atoms with Crippen molar-refractivity contribution in [3.63, 3.8) is 0 Å². The maximum atomic E-state index is 13.2. The van der Waals surface area contributed by atoms with Gasteiger partial charge in [0.1, 0.15) is 5.25 Å². The number of esters is 1. The van der Waals surface area contributed by atoms with E-state index in [0.29, 0.717) is 29.9 Å². The Morgan fingerprint density at radius 2 is 1.52 bits per heavy atom. The van der Waals surface area contributed by atoms with Crippen LogP contribution in [0, 0.1) is 5.92 Å². The number of thioether (sulfide) groups is 1. The highest BCUT2D eigenvalue weighted by Crippen LogP contribution is 2.55. The number of nitrogens with one attached hydrogen (secondary N) is 1. The van der Waals surface area contributed by atoms with Crippen molar-refractivity contribution in [2.45, 2.75) is 35.3 Å². The highest BCUT2D eigenvalue weighted by atomic mass is 32.2. The lowest BCUT2D eigenvalue weighted by atomic mass is 9.59. The summed E-state index contributed by atoms with van der Waals surface area (Å²) < 4.78 is 4.84. The molecule has 1 N–H and O–H groups in total. The smallest absolute Gasteiger partial charge is 0.318 e. The molecule has 0 fully saturated rings. The van der Waals surface area contributed by atoms with Crippen LogP contribution in [0.4, 0.5) is 0 Å². The van der Waals surface area contributed by atoms with Gasteiger partial charge in [0, 0.05) is 23.3 Å². The van der Waals surface area contributed by atoms with Crippen LogP contribution in [0.3, 0.4) is 0 Å². The monoisotopic (exact) mass is 457 g/mol. The molecule has 3 aromatic carbocycles. The fraction of sp³-hybridized carbons (Fsp3) is 0.286. The van der Waals surface area contributed by atoms with E-state index >= 15 is 0 Å². The van der Waals surface area contributed by atoms with E-state index in [-0.39, 0.29) is 17.1 Å². The summed E-state index contributed by atoms with van der Waals surface area (Å²) in [7, 11) is 1.38. The molecule has 3 aliphatic rings. The van der Waals surface area contributed by atoms with E-state index in [1.165, 1.54) is 41.1 Å². The first-order valence-electron chi connectivity index (χ1n) is 11.4. The van der Waals surface area contributed by atoms with E-state index in [9.17, 15) is 9.59 Å². The van der Waals surface area contributed by atoms with Gasteiger partial charge in [-0.1, -0.05) is 60.7 Å². The summed E-state index contributed by atoms with van der Waals surface area (Å²) in [4.78, 5) is 25.8. The molecule has 3 aliphatic carbocycles. The fourth-order valence-corrected chi connectivity index (χ4v) is 6.46. The van der Waals surface area contributed by atoms with E-state index in [0.717, 1.165) is 11.3 Å². The Kier molecular flexibility index (Phi) is 5.98. The molecular weight excluding hydrogens is 430 g/mol. The average molecular weight is 458 g/mol. The van der Waals surface area contributed by atoms with Crippen LogP contribution in [0.2, 0.25) is 0 Å². The Hall–Kier alpha value is -3.05. The van der Waals surface area contributed by atoms with Gasteiger partial charge in [-0.25, -0.2) is 0 Å².